The first-order valence-corrected chi connectivity index (χ1v) is 7.25. The van der Waals surface area contributed by atoms with Crippen LogP contribution in [0.1, 0.15) is 30.0 Å². The number of nitrogens with one attached hydrogen (secondary N) is 1. The van der Waals surface area contributed by atoms with Crippen molar-refractivity contribution in [2.24, 2.45) is 0 Å². The molecule has 2 rings (SSSR count). The molecule has 0 aromatic heterocycles. The Morgan fingerprint density at radius 1 is 1.29 bits per heavy atom. The summed E-state index contributed by atoms with van der Waals surface area (Å²) in [5.74, 6) is 0. The molecule has 1 aromatic carbocycles. The summed E-state index contributed by atoms with van der Waals surface area (Å²) in [6, 6.07) is 5.74. The van der Waals surface area contributed by atoms with Crippen molar-refractivity contribution in [3.05, 3.63) is 48.0 Å². The zero-order valence-corrected chi connectivity index (χ0v) is 12.0. The smallest absolute Gasteiger partial charge is 0.314 e. The maximum absolute atomic E-state index is 12.9. The summed E-state index contributed by atoms with van der Waals surface area (Å²) < 4.78 is 38.7. The monoisotopic (exact) mass is 298 g/mol. The van der Waals surface area contributed by atoms with Crippen LogP contribution in [0.25, 0.3) is 0 Å². The molecule has 0 aliphatic carbocycles. The van der Waals surface area contributed by atoms with E-state index in [0.29, 0.717) is 0 Å². The summed E-state index contributed by atoms with van der Waals surface area (Å²) in [5.41, 5.74) is 0.173. The Kier molecular flexibility index (Phi) is 5.42. The van der Waals surface area contributed by atoms with Gasteiger partial charge in [-0.1, -0.05) is 18.2 Å². The quantitative estimate of drug-likeness (QED) is 0.835. The average molecular weight is 298 g/mol. The van der Waals surface area contributed by atoms with Crippen LogP contribution >= 0.6 is 0 Å². The normalized spacial score (nSPS) is 18.4. The van der Waals surface area contributed by atoms with Gasteiger partial charge in [-0.3, -0.25) is 4.90 Å². The van der Waals surface area contributed by atoms with Crippen LogP contribution in [0.2, 0.25) is 0 Å². The lowest BCUT2D eigenvalue weighted by Crippen LogP contribution is -2.45. The summed E-state index contributed by atoms with van der Waals surface area (Å²) >= 11 is 0. The van der Waals surface area contributed by atoms with E-state index in [0.717, 1.165) is 50.7 Å². The number of rotatable bonds is 5. The van der Waals surface area contributed by atoms with Gasteiger partial charge in [-0.05, 0) is 30.5 Å². The number of piperazine rings is 1. The van der Waals surface area contributed by atoms with Crippen LogP contribution < -0.4 is 5.32 Å². The molecule has 1 aliphatic heterocycles. The Morgan fingerprint density at radius 2 is 2.00 bits per heavy atom. The van der Waals surface area contributed by atoms with Gasteiger partial charge in [-0.2, -0.15) is 13.2 Å². The van der Waals surface area contributed by atoms with Gasteiger partial charge in [-0.15, -0.1) is 6.58 Å². The third-order valence-electron chi connectivity index (χ3n) is 3.84. The van der Waals surface area contributed by atoms with Crippen LogP contribution in [0.15, 0.2) is 36.9 Å². The summed E-state index contributed by atoms with van der Waals surface area (Å²) in [6.07, 6.45) is -0.874. The SMILES string of the molecule is C=CCC[C@@H](c1cccc(C(F)(F)F)c1)N1CCNCC1. The summed E-state index contributed by atoms with van der Waals surface area (Å²) in [4.78, 5) is 2.26. The van der Waals surface area contributed by atoms with Gasteiger partial charge >= 0.3 is 6.18 Å². The maximum atomic E-state index is 12.9. The molecule has 0 radical (unpaired) electrons. The number of nitrogens with zero attached hydrogens (tertiary/aromatic N) is 1. The van der Waals surface area contributed by atoms with Gasteiger partial charge in [0.2, 0.25) is 0 Å². The first-order chi connectivity index (χ1) is 10.0. The summed E-state index contributed by atoms with van der Waals surface area (Å²) in [6.45, 7) is 7.19. The van der Waals surface area contributed by atoms with Gasteiger partial charge in [0.1, 0.15) is 0 Å². The van der Waals surface area contributed by atoms with E-state index >= 15 is 0 Å². The Labute approximate surface area is 123 Å². The van der Waals surface area contributed by atoms with Gasteiger partial charge in [-0.25, -0.2) is 0 Å². The molecule has 2 nitrogen and oxygen atoms in total. The largest absolute Gasteiger partial charge is 0.416 e. The van der Waals surface area contributed by atoms with E-state index < -0.39 is 11.7 Å². The summed E-state index contributed by atoms with van der Waals surface area (Å²) in [5, 5.41) is 3.27. The minimum atomic E-state index is -4.29. The second kappa shape index (κ2) is 7.09. The third kappa shape index (κ3) is 4.32. The van der Waals surface area contributed by atoms with E-state index in [1.165, 1.54) is 12.1 Å². The summed E-state index contributed by atoms with van der Waals surface area (Å²) in [7, 11) is 0. The first kappa shape index (κ1) is 16.0. The molecule has 116 valence electrons. The fourth-order valence-corrected chi connectivity index (χ4v) is 2.75. The van der Waals surface area contributed by atoms with Gasteiger partial charge in [0, 0.05) is 32.2 Å². The molecule has 0 bridgehead atoms. The second-order valence-electron chi connectivity index (χ2n) is 5.29. The maximum Gasteiger partial charge on any atom is 0.416 e. The molecule has 5 heteroatoms. The molecule has 1 atom stereocenters. The molecule has 0 unspecified atom stereocenters. The predicted molar refractivity (Wildman–Crippen MR) is 78.1 cm³/mol. The van der Waals surface area contributed by atoms with E-state index in [9.17, 15) is 13.2 Å². The molecule has 1 aliphatic rings. The highest BCUT2D eigenvalue weighted by Gasteiger charge is 2.31. The minimum Gasteiger partial charge on any atom is -0.314 e. The molecule has 1 aromatic rings. The minimum absolute atomic E-state index is 0.0207. The van der Waals surface area contributed by atoms with Crippen molar-refractivity contribution in [3.63, 3.8) is 0 Å². The van der Waals surface area contributed by atoms with Gasteiger partial charge < -0.3 is 5.32 Å². The van der Waals surface area contributed by atoms with Crippen molar-refractivity contribution in [2.45, 2.75) is 25.1 Å². The van der Waals surface area contributed by atoms with Gasteiger partial charge in [0.15, 0.2) is 0 Å². The predicted octanol–water partition coefficient (Wildman–Crippen LogP) is 3.62. The highest BCUT2D eigenvalue weighted by atomic mass is 19.4. The van der Waals surface area contributed by atoms with E-state index in [1.807, 2.05) is 6.08 Å². The molecular weight excluding hydrogens is 277 g/mol. The van der Waals surface area contributed by atoms with Crippen molar-refractivity contribution >= 4 is 0 Å². The lowest BCUT2D eigenvalue weighted by atomic mass is 9.97. The molecule has 0 spiro atoms. The topological polar surface area (TPSA) is 15.3 Å². The van der Waals surface area contributed by atoms with Crippen molar-refractivity contribution in [1.29, 1.82) is 0 Å². The van der Waals surface area contributed by atoms with E-state index in [1.54, 1.807) is 6.07 Å². The molecular formula is C16H21F3N2. The van der Waals surface area contributed by atoms with Crippen molar-refractivity contribution in [1.82, 2.24) is 10.2 Å². The van der Waals surface area contributed by atoms with E-state index in [2.05, 4.69) is 16.8 Å². The van der Waals surface area contributed by atoms with Gasteiger partial charge in [0.25, 0.3) is 0 Å². The number of allylic oxidation sites excluding steroid dienone is 1. The average Bonchev–Trinajstić information content (AvgIpc) is 2.48. The van der Waals surface area contributed by atoms with Crippen LogP contribution in [0.4, 0.5) is 13.2 Å². The van der Waals surface area contributed by atoms with Crippen molar-refractivity contribution in [3.8, 4) is 0 Å². The Balaban J connectivity index is 2.24. The number of halogens is 3. The molecule has 0 saturated carbocycles. The van der Waals surface area contributed by atoms with E-state index in [4.69, 9.17) is 0 Å². The number of benzene rings is 1. The van der Waals surface area contributed by atoms with Crippen molar-refractivity contribution in [2.75, 3.05) is 26.2 Å². The number of hydrogen-bond donors (Lipinski definition) is 1. The Hall–Kier alpha value is -1.33. The first-order valence-electron chi connectivity index (χ1n) is 7.25. The Bertz CT molecular complexity index is 465. The third-order valence-corrected chi connectivity index (χ3v) is 3.84. The van der Waals surface area contributed by atoms with Crippen LogP contribution in [-0.2, 0) is 6.18 Å². The molecule has 21 heavy (non-hydrogen) atoms. The van der Waals surface area contributed by atoms with Crippen molar-refractivity contribution < 1.29 is 13.2 Å². The highest BCUT2D eigenvalue weighted by molar-refractivity contribution is 5.28. The lowest BCUT2D eigenvalue weighted by molar-refractivity contribution is -0.137. The molecule has 1 saturated heterocycles. The van der Waals surface area contributed by atoms with Crippen LogP contribution in [0, 0.1) is 0 Å². The number of hydrogen-bond acceptors (Lipinski definition) is 2. The van der Waals surface area contributed by atoms with Crippen LogP contribution in [0.5, 0.6) is 0 Å². The number of alkyl halides is 3. The highest BCUT2D eigenvalue weighted by Crippen LogP contribution is 2.33. The molecule has 1 N–H and O–H groups in total. The zero-order valence-electron chi connectivity index (χ0n) is 12.0. The standard InChI is InChI=1S/C16H21F3N2/c1-2-3-7-15(21-10-8-20-9-11-21)13-5-4-6-14(12-13)16(17,18)19/h2,4-6,12,15,20H,1,3,7-11H2/t15-/m0/s1. The Morgan fingerprint density at radius 3 is 2.62 bits per heavy atom. The molecule has 1 heterocycles. The molecule has 1 fully saturated rings. The molecule has 0 amide bonds. The zero-order chi connectivity index (χ0) is 15.3. The van der Waals surface area contributed by atoms with Gasteiger partial charge in [0.05, 0.1) is 5.56 Å². The van der Waals surface area contributed by atoms with E-state index in [-0.39, 0.29) is 6.04 Å². The van der Waals surface area contributed by atoms with Crippen LogP contribution in [0.3, 0.4) is 0 Å². The fourth-order valence-electron chi connectivity index (χ4n) is 2.75. The lowest BCUT2D eigenvalue weighted by Gasteiger charge is -2.35. The fraction of sp³-hybridized carbons (Fsp3) is 0.500. The second-order valence-corrected chi connectivity index (χ2v) is 5.29. The van der Waals surface area contributed by atoms with Crippen LogP contribution in [-0.4, -0.2) is 31.1 Å².